The Hall–Kier alpha value is -7.68. The Balaban J connectivity index is 0.976. The third-order valence-corrected chi connectivity index (χ3v) is 14.7. The van der Waals surface area contributed by atoms with Crippen molar-refractivity contribution >= 4 is 55.2 Å². The number of aromatic nitrogens is 1. The molecule has 0 bridgehead atoms. The predicted octanol–water partition coefficient (Wildman–Crippen LogP) is 16.2. The zero-order chi connectivity index (χ0) is 42.6. The zero-order valence-electron chi connectivity index (χ0n) is 36.1. The molecule has 0 aliphatic heterocycles. The second-order valence-electron chi connectivity index (χ2n) is 18.3. The maximum atomic E-state index is 2.50. The molecule has 64 heavy (non-hydrogen) atoms. The maximum Gasteiger partial charge on any atom is 0.0677 e. The summed E-state index contributed by atoms with van der Waals surface area (Å²) in [5.41, 5.74) is 20.0. The summed E-state index contributed by atoms with van der Waals surface area (Å²) in [6.45, 7) is 4.82. The number of para-hydroxylation sites is 2. The molecular weight excluding hydrogens is 773 g/mol. The fraction of sp³-hybridized carbons (Fsp3) is 0.0968. The fourth-order valence-electron chi connectivity index (χ4n) is 11.9. The Morgan fingerprint density at radius 2 is 1.06 bits per heavy atom. The molecule has 3 aliphatic carbocycles. The molecule has 0 spiro atoms. The first kappa shape index (κ1) is 36.9. The molecule has 0 N–H and O–H groups in total. The van der Waals surface area contributed by atoms with Crippen molar-refractivity contribution in [2.45, 2.75) is 37.5 Å². The van der Waals surface area contributed by atoms with Crippen LogP contribution in [0.15, 0.2) is 224 Å². The summed E-state index contributed by atoms with van der Waals surface area (Å²) < 4.78 is 2.50. The van der Waals surface area contributed by atoms with Crippen LogP contribution in [-0.2, 0) is 10.8 Å². The average molecular weight is 819 g/mol. The summed E-state index contributed by atoms with van der Waals surface area (Å²) in [6, 6.07) is 77.2. The molecule has 304 valence electrons. The maximum absolute atomic E-state index is 2.50. The molecule has 2 nitrogen and oxygen atoms in total. The van der Waals surface area contributed by atoms with Crippen LogP contribution in [0.5, 0.6) is 0 Å². The van der Waals surface area contributed by atoms with E-state index >= 15 is 0 Å². The summed E-state index contributed by atoms with van der Waals surface area (Å²) in [6.07, 6.45) is 6.81. The molecule has 0 saturated carbocycles. The van der Waals surface area contributed by atoms with Gasteiger partial charge in [-0.25, -0.2) is 0 Å². The molecule has 0 atom stereocenters. The molecule has 1 heterocycles. The van der Waals surface area contributed by atoms with Gasteiger partial charge in [0, 0.05) is 44.3 Å². The number of hydrogen-bond acceptors (Lipinski definition) is 1. The van der Waals surface area contributed by atoms with E-state index < -0.39 is 5.41 Å². The highest BCUT2D eigenvalue weighted by molar-refractivity contribution is 6.18. The number of rotatable bonds is 6. The predicted molar refractivity (Wildman–Crippen MR) is 269 cm³/mol. The number of benzene rings is 9. The van der Waals surface area contributed by atoms with Crippen molar-refractivity contribution in [2.75, 3.05) is 4.90 Å². The van der Waals surface area contributed by atoms with Crippen LogP contribution in [0.3, 0.4) is 0 Å². The summed E-state index contributed by atoms with van der Waals surface area (Å²) in [7, 11) is 0. The molecule has 10 aromatic rings. The zero-order valence-corrected chi connectivity index (χ0v) is 36.1. The molecule has 0 unspecified atom stereocenters. The van der Waals surface area contributed by atoms with Crippen LogP contribution >= 0.6 is 0 Å². The SMILES string of the molecule is CC1(C)c2cc(N(c3ccccc3)c3ccc4c(c3)C(c3ccccc3)(c3ccccc3)C3=C4C=CCC3)ccc2-c2ccc(-n3c4ccccc4c4ccc5ccccc5c43)cc21. The molecule has 13 rings (SSSR count). The van der Waals surface area contributed by atoms with Gasteiger partial charge in [-0.05, 0) is 128 Å². The first-order chi connectivity index (χ1) is 31.5. The van der Waals surface area contributed by atoms with Gasteiger partial charge >= 0.3 is 0 Å². The number of hydrogen-bond donors (Lipinski definition) is 0. The average Bonchev–Trinajstić information content (AvgIpc) is 3.93. The Bertz CT molecular complexity index is 3530. The van der Waals surface area contributed by atoms with Gasteiger partial charge in [0.15, 0.2) is 0 Å². The minimum absolute atomic E-state index is 0.247. The van der Waals surface area contributed by atoms with E-state index in [-0.39, 0.29) is 5.41 Å². The Kier molecular flexibility index (Phi) is 8.03. The second-order valence-corrected chi connectivity index (χ2v) is 18.3. The second kappa shape index (κ2) is 13.9. The topological polar surface area (TPSA) is 8.17 Å². The molecule has 0 fully saturated rings. The van der Waals surface area contributed by atoms with E-state index in [4.69, 9.17) is 0 Å². The van der Waals surface area contributed by atoms with Gasteiger partial charge in [0.2, 0.25) is 0 Å². The van der Waals surface area contributed by atoms with Gasteiger partial charge in [0.05, 0.1) is 16.4 Å². The van der Waals surface area contributed by atoms with Crippen LogP contribution in [0.2, 0.25) is 0 Å². The highest BCUT2D eigenvalue weighted by atomic mass is 15.1. The number of anilines is 3. The smallest absolute Gasteiger partial charge is 0.0677 e. The van der Waals surface area contributed by atoms with Gasteiger partial charge < -0.3 is 9.47 Å². The lowest BCUT2D eigenvalue weighted by molar-refractivity contribution is 0.660. The third kappa shape index (κ3) is 5.14. The van der Waals surface area contributed by atoms with Crippen molar-refractivity contribution in [3.05, 3.63) is 257 Å². The van der Waals surface area contributed by atoms with Crippen LogP contribution in [0.25, 0.3) is 55.0 Å². The van der Waals surface area contributed by atoms with E-state index in [0.29, 0.717) is 0 Å². The monoisotopic (exact) mass is 818 g/mol. The highest BCUT2D eigenvalue weighted by Crippen LogP contribution is 2.59. The van der Waals surface area contributed by atoms with Crippen LogP contribution < -0.4 is 4.90 Å². The van der Waals surface area contributed by atoms with Crippen molar-refractivity contribution < 1.29 is 0 Å². The molecule has 1 aromatic heterocycles. The van der Waals surface area contributed by atoms with Gasteiger partial charge in [-0.15, -0.1) is 0 Å². The van der Waals surface area contributed by atoms with Gasteiger partial charge in [-0.3, -0.25) is 0 Å². The van der Waals surface area contributed by atoms with E-state index in [1.54, 1.807) is 0 Å². The summed E-state index contributed by atoms with van der Waals surface area (Å²) in [4.78, 5) is 2.47. The van der Waals surface area contributed by atoms with Crippen molar-refractivity contribution in [1.29, 1.82) is 0 Å². The summed E-state index contributed by atoms with van der Waals surface area (Å²) in [5, 5.41) is 5.09. The molecule has 9 aromatic carbocycles. The summed E-state index contributed by atoms with van der Waals surface area (Å²) in [5.74, 6) is 0. The van der Waals surface area contributed by atoms with Gasteiger partial charge in [0.25, 0.3) is 0 Å². The Labute approximate surface area is 374 Å². The first-order valence-electron chi connectivity index (χ1n) is 22.7. The van der Waals surface area contributed by atoms with E-state index in [0.717, 1.165) is 29.9 Å². The van der Waals surface area contributed by atoms with Crippen molar-refractivity contribution in [3.8, 4) is 16.8 Å². The van der Waals surface area contributed by atoms with E-state index in [1.807, 2.05) is 0 Å². The standard InChI is InChI=1S/C62H46N2/c1-61(2)56-38-45(31-35-50(56)51-36-33-47(39-57(51)61)64-59-29-17-15-27-53(59)54-34-30-41-18-12-13-25-48(41)60(54)64)63(44-23-10-5-11-24-44)46-32-37-52-49-26-14-16-28-55(49)62(58(52)40-46,42-19-6-3-7-20-42)43-21-8-4-9-22-43/h3-15,17-27,29-40H,16,28H2,1-2H3. The normalized spacial score (nSPS) is 15.3. The lowest BCUT2D eigenvalue weighted by atomic mass is 9.65. The van der Waals surface area contributed by atoms with Gasteiger partial charge in [-0.2, -0.15) is 0 Å². The van der Waals surface area contributed by atoms with Gasteiger partial charge in [0.1, 0.15) is 0 Å². The van der Waals surface area contributed by atoms with Crippen LogP contribution in [-0.4, -0.2) is 4.57 Å². The minimum Gasteiger partial charge on any atom is -0.310 e. The van der Waals surface area contributed by atoms with Crippen molar-refractivity contribution in [3.63, 3.8) is 0 Å². The van der Waals surface area contributed by atoms with E-state index in [2.05, 4.69) is 242 Å². The molecule has 0 amide bonds. The van der Waals surface area contributed by atoms with Crippen molar-refractivity contribution in [2.24, 2.45) is 0 Å². The van der Waals surface area contributed by atoms with Crippen LogP contribution in [0.1, 0.15) is 60.1 Å². The highest BCUT2D eigenvalue weighted by Gasteiger charge is 2.47. The quantitative estimate of drug-likeness (QED) is 0.162. The Morgan fingerprint density at radius 1 is 0.469 bits per heavy atom. The lowest BCUT2D eigenvalue weighted by Crippen LogP contribution is -2.30. The molecule has 2 heteroatoms. The summed E-state index contributed by atoms with van der Waals surface area (Å²) >= 11 is 0. The molecular formula is C62H46N2. The van der Waals surface area contributed by atoms with Gasteiger partial charge in [-0.1, -0.05) is 178 Å². The van der Waals surface area contributed by atoms with Crippen LogP contribution in [0, 0.1) is 0 Å². The minimum atomic E-state index is -0.405. The molecule has 3 aliphatic rings. The number of fused-ring (bicyclic) bond motifs is 10. The molecule has 0 radical (unpaired) electrons. The Morgan fingerprint density at radius 3 is 1.80 bits per heavy atom. The van der Waals surface area contributed by atoms with E-state index in [1.165, 1.54) is 93.9 Å². The third-order valence-electron chi connectivity index (χ3n) is 14.7. The van der Waals surface area contributed by atoms with Crippen molar-refractivity contribution in [1.82, 2.24) is 4.57 Å². The largest absolute Gasteiger partial charge is 0.310 e. The molecule has 0 saturated heterocycles. The van der Waals surface area contributed by atoms with E-state index in [9.17, 15) is 0 Å². The fourth-order valence-corrected chi connectivity index (χ4v) is 11.9. The lowest BCUT2D eigenvalue weighted by Gasteiger charge is -2.37. The first-order valence-corrected chi connectivity index (χ1v) is 22.7. The van der Waals surface area contributed by atoms with Crippen LogP contribution in [0.4, 0.5) is 17.1 Å². The number of nitrogens with zero attached hydrogens (tertiary/aromatic N) is 2. The number of allylic oxidation sites excluding steroid dienone is 4.